The molecule has 0 saturated carbocycles. The Labute approximate surface area is 113 Å². The quantitative estimate of drug-likeness (QED) is 0.760. The largest absolute Gasteiger partial charge is 0.296 e. The van der Waals surface area contributed by atoms with Crippen molar-refractivity contribution in [1.82, 2.24) is 4.98 Å². The van der Waals surface area contributed by atoms with Gasteiger partial charge in [0.1, 0.15) is 5.69 Å². The fraction of sp³-hybridized carbons (Fsp3) is 0. The molecule has 5 heteroatoms. The molecular formula is C12H6Cl3NO. The highest BCUT2D eigenvalue weighted by Crippen LogP contribution is 2.28. The molecule has 1 heterocycles. The van der Waals surface area contributed by atoms with E-state index in [4.69, 9.17) is 34.8 Å². The van der Waals surface area contributed by atoms with Gasteiger partial charge in [-0.3, -0.25) is 4.79 Å². The molecule has 0 amide bonds. The van der Waals surface area contributed by atoms with Crippen LogP contribution in [0.4, 0.5) is 0 Å². The van der Waals surface area contributed by atoms with Crippen molar-refractivity contribution in [3.8, 4) is 11.3 Å². The lowest BCUT2D eigenvalue weighted by Gasteiger charge is -2.04. The summed E-state index contributed by atoms with van der Waals surface area (Å²) in [5.74, 6) is 0. The van der Waals surface area contributed by atoms with Crippen molar-refractivity contribution in [3.63, 3.8) is 0 Å². The van der Waals surface area contributed by atoms with Crippen LogP contribution in [-0.4, -0.2) is 11.3 Å². The Morgan fingerprint density at radius 2 is 1.65 bits per heavy atom. The zero-order valence-corrected chi connectivity index (χ0v) is 10.7. The number of aldehydes is 1. The first kappa shape index (κ1) is 12.4. The first-order valence-corrected chi connectivity index (χ1v) is 5.82. The molecule has 0 saturated heterocycles. The van der Waals surface area contributed by atoms with E-state index >= 15 is 0 Å². The van der Waals surface area contributed by atoms with Crippen molar-refractivity contribution in [3.05, 3.63) is 51.1 Å². The summed E-state index contributed by atoms with van der Waals surface area (Å²) in [7, 11) is 0. The molecule has 1 aromatic heterocycles. The number of nitrogens with zero attached hydrogens (tertiary/aromatic N) is 1. The van der Waals surface area contributed by atoms with Gasteiger partial charge in [-0.15, -0.1) is 0 Å². The molecule has 1 aromatic carbocycles. The molecule has 0 aliphatic rings. The number of hydrogen-bond donors (Lipinski definition) is 0. The van der Waals surface area contributed by atoms with Crippen molar-refractivity contribution in [2.24, 2.45) is 0 Å². The molecule has 0 aliphatic carbocycles. The Bertz CT molecular complexity index is 584. The predicted octanol–water partition coefficient (Wildman–Crippen LogP) is 4.52. The Morgan fingerprint density at radius 3 is 2.29 bits per heavy atom. The Balaban J connectivity index is 2.52. The van der Waals surface area contributed by atoms with Crippen molar-refractivity contribution in [2.75, 3.05) is 0 Å². The second-order valence-electron chi connectivity index (χ2n) is 3.31. The smallest absolute Gasteiger partial charge is 0.169 e. The third kappa shape index (κ3) is 2.60. The van der Waals surface area contributed by atoms with Crippen molar-refractivity contribution < 1.29 is 4.79 Å². The fourth-order valence-electron chi connectivity index (χ4n) is 1.36. The van der Waals surface area contributed by atoms with Gasteiger partial charge in [0.05, 0.1) is 20.8 Å². The van der Waals surface area contributed by atoms with Crippen LogP contribution < -0.4 is 0 Å². The van der Waals surface area contributed by atoms with E-state index in [-0.39, 0.29) is 5.69 Å². The molecule has 0 atom stereocenters. The minimum atomic E-state index is 0.204. The summed E-state index contributed by atoms with van der Waals surface area (Å²) in [5, 5.41) is 1.23. The third-order valence-corrected chi connectivity index (χ3v) is 3.26. The topological polar surface area (TPSA) is 30.0 Å². The standard InChI is InChI=1S/C12H6Cl3NO/c13-8-2-1-7(5-10(8)15)11-4-3-9(14)12(6-17)16-11/h1-6H. The minimum Gasteiger partial charge on any atom is -0.296 e. The summed E-state index contributed by atoms with van der Waals surface area (Å²) in [6.45, 7) is 0. The number of halogens is 3. The van der Waals surface area contributed by atoms with Crippen LogP contribution in [0.3, 0.4) is 0 Å². The molecule has 86 valence electrons. The van der Waals surface area contributed by atoms with Crippen LogP contribution in [0, 0.1) is 0 Å². The van der Waals surface area contributed by atoms with Crippen LogP contribution in [0.15, 0.2) is 30.3 Å². The molecule has 0 N–H and O–H groups in total. The summed E-state index contributed by atoms with van der Waals surface area (Å²) < 4.78 is 0. The lowest BCUT2D eigenvalue weighted by molar-refractivity contribution is 0.111. The van der Waals surface area contributed by atoms with Gasteiger partial charge in [-0.05, 0) is 24.3 Å². The number of rotatable bonds is 2. The van der Waals surface area contributed by atoms with Gasteiger partial charge in [0.2, 0.25) is 0 Å². The predicted molar refractivity (Wildman–Crippen MR) is 70.1 cm³/mol. The Hall–Kier alpha value is -1.09. The summed E-state index contributed by atoms with van der Waals surface area (Å²) in [6.07, 6.45) is 0.614. The van der Waals surface area contributed by atoms with Gasteiger partial charge in [-0.2, -0.15) is 0 Å². The van der Waals surface area contributed by atoms with Gasteiger partial charge < -0.3 is 0 Å². The van der Waals surface area contributed by atoms with E-state index in [0.29, 0.717) is 27.0 Å². The monoisotopic (exact) mass is 285 g/mol. The van der Waals surface area contributed by atoms with Crippen molar-refractivity contribution in [1.29, 1.82) is 0 Å². The van der Waals surface area contributed by atoms with E-state index < -0.39 is 0 Å². The van der Waals surface area contributed by atoms with Crippen LogP contribution in [0.2, 0.25) is 15.1 Å². The third-order valence-electron chi connectivity index (χ3n) is 2.20. The molecule has 0 unspecified atom stereocenters. The first-order chi connectivity index (χ1) is 8.11. The summed E-state index contributed by atoms with van der Waals surface area (Å²) in [5.41, 5.74) is 1.60. The molecule has 2 rings (SSSR count). The van der Waals surface area contributed by atoms with Crippen LogP contribution in [0.5, 0.6) is 0 Å². The Morgan fingerprint density at radius 1 is 0.941 bits per heavy atom. The maximum Gasteiger partial charge on any atom is 0.169 e. The highest BCUT2D eigenvalue weighted by Gasteiger charge is 2.06. The zero-order valence-electron chi connectivity index (χ0n) is 8.45. The molecule has 0 bridgehead atoms. The van der Waals surface area contributed by atoms with Gasteiger partial charge in [-0.1, -0.05) is 40.9 Å². The highest BCUT2D eigenvalue weighted by molar-refractivity contribution is 6.42. The fourth-order valence-corrected chi connectivity index (χ4v) is 1.80. The number of hydrogen-bond acceptors (Lipinski definition) is 2. The van der Waals surface area contributed by atoms with E-state index in [1.165, 1.54) is 0 Å². The van der Waals surface area contributed by atoms with Crippen molar-refractivity contribution in [2.45, 2.75) is 0 Å². The second-order valence-corrected chi connectivity index (χ2v) is 4.53. The second kappa shape index (κ2) is 5.05. The van der Waals surface area contributed by atoms with Crippen LogP contribution in [-0.2, 0) is 0 Å². The van der Waals surface area contributed by atoms with Crippen LogP contribution in [0.25, 0.3) is 11.3 Å². The maximum absolute atomic E-state index is 10.7. The van der Waals surface area contributed by atoms with Crippen LogP contribution >= 0.6 is 34.8 Å². The number of carbonyl (C=O) groups is 1. The molecule has 0 aliphatic heterocycles. The van der Waals surface area contributed by atoms with Crippen molar-refractivity contribution >= 4 is 41.1 Å². The first-order valence-electron chi connectivity index (χ1n) is 4.69. The minimum absolute atomic E-state index is 0.204. The van der Waals surface area contributed by atoms with Gasteiger partial charge in [0, 0.05) is 5.56 Å². The molecule has 0 radical (unpaired) electrons. The SMILES string of the molecule is O=Cc1nc(-c2ccc(Cl)c(Cl)c2)ccc1Cl. The normalized spacial score (nSPS) is 10.3. The highest BCUT2D eigenvalue weighted by atomic mass is 35.5. The molecule has 0 spiro atoms. The molecular weight excluding hydrogens is 280 g/mol. The van der Waals surface area contributed by atoms with Gasteiger partial charge in [0.15, 0.2) is 6.29 Å². The maximum atomic E-state index is 10.7. The number of pyridine rings is 1. The number of carbonyl (C=O) groups excluding carboxylic acids is 1. The number of aromatic nitrogens is 1. The lowest BCUT2D eigenvalue weighted by Crippen LogP contribution is -1.91. The average molecular weight is 287 g/mol. The lowest BCUT2D eigenvalue weighted by atomic mass is 10.1. The molecule has 2 nitrogen and oxygen atoms in total. The zero-order chi connectivity index (χ0) is 12.4. The summed E-state index contributed by atoms with van der Waals surface area (Å²) in [4.78, 5) is 14.9. The van der Waals surface area contributed by atoms with E-state index in [2.05, 4.69) is 4.98 Å². The average Bonchev–Trinajstić information content (AvgIpc) is 2.33. The van der Waals surface area contributed by atoms with Gasteiger partial charge in [-0.25, -0.2) is 4.98 Å². The van der Waals surface area contributed by atoms with Crippen LogP contribution in [0.1, 0.15) is 10.5 Å². The van der Waals surface area contributed by atoms with E-state index in [9.17, 15) is 4.79 Å². The Kier molecular flexibility index (Phi) is 3.67. The van der Waals surface area contributed by atoms with E-state index in [1.54, 1.807) is 30.3 Å². The summed E-state index contributed by atoms with van der Waals surface area (Å²) in [6, 6.07) is 8.48. The molecule has 17 heavy (non-hydrogen) atoms. The summed E-state index contributed by atoms with van der Waals surface area (Å²) >= 11 is 17.5. The van der Waals surface area contributed by atoms with E-state index in [0.717, 1.165) is 5.56 Å². The molecule has 0 fully saturated rings. The number of benzene rings is 1. The molecule has 2 aromatic rings. The van der Waals surface area contributed by atoms with E-state index in [1.807, 2.05) is 0 Å². The van der Waals surface area contributed by atoms with Gasteiger partial charge >= 0.3 is 0 Å². The van der Waals surface area contributed by atoms with Gasteiger partial charge in [0.25, 0.3) is 0 Å².